The molecule has 186 valence electrons. The lowest BCUT2D eigenvalue weighted by Crippen LogP contribution is -2.46. The summed E-state index contributed by atoms with van der Waals surface area (Å²) in [5, 5.41) is 14.2. The van der Waals surface area contributed by atoms with Crippen molar-refractivity contribution in [2.45, 2.75) is 66.2 Å². The van der Waals surface area contributed by atoms with Gasteiger partial charge < -0.3 is 19.9 Å². The smallest absolute Gasteiger partial charge is 0.417 e. The van der Waals surface area contributed by atoms with E-state index < -0.39 is 23.2 Å². The number of aliphatic hydroxyl groups excluding tert-OH is 1. The molecule has 0 aliphatic carbocycles. The Bertz CT molecular complexity index is 975. The van der Waals surface area contributed by atoms with Gasteiger partial charge in [-0.1, -0.05) is 51.1 Å². The quantitative estimate of drug-likeness (QED) is 0.527. The van der Waals surface area contributed by atoms with Crippen molar-refractivity contribution in [1.29, 1.82) is 0 Å². The minimum Gasteiger partial charge on any atom is -0.496 e. The highest BCUT2D eigenvalue weighted by molar-refractivity contribution is 5.94. The number of nitrogens with zero attached hydrogens (tertiary/aromatic N) is 1. The van der Waals surface area contributed by atoms with Crippen LogP contribution >= 0.6 is 0 Å². The van der Waals surface area contributed by atoms with E-state index in [2.05, 4.69) is 5.32 Å². The number of hydrogen-bond donors (Lipinski definition) is 2. The molecule has 0 aliphatic rings. The summed E-state index contributed by atoms with van der Waals surface area (Å²) in [5.41, 5.74) is 1.07. The number of benzene rings is 2. The second-order valence-electron chi connectivity index (χ2n) is 10.3. The summed E-state index contributed by atoms with van der Waals surface area (Å²) >= 11 is 0. The fraction of sp³-hybridized carbons (Fsp3) is 0.481. The number of methoxy groups -OCH3 is 1. The molecule has 0 radical (unpaired) electrons. The Balaban J connectivity index is 2.08. The molecule has 34 heavy (non-hydrogen) atoms. The maximum atomic E-state index is 12.9. The van der Waals surface area contributed by atoms with E-state index in [4.69, 9.17) is 9.47 Å². The van der Waals surface area contributed by atoms with Gasteiger partial charge in [0.2, 0.25) is 5.91 Å². The number of anilines is 1. The first-order valence-corrected chi connectivity index (χ1v) is 11.5. The number of para-hydroxylation sites is 1. The molecule has 2 N–H and O–H groups in total. The number of imide groups is 1. The molecular weight excluding hydrogens is 432 g/mol. The fourth-order valence-electron chi connectivity index (χ4n) is 3.32. The number of nitrogens with one attached hydrogen (secondary N) is 1. The molecule has 7 heteroatoms. The Morgan fingerprint density at radius 1 is 1.03 bits per heavy atom. The highest BCUT2D eigenvalue weighted by Gasteiger charge is 2.34. The maximum absolute atomic E-state index is 12.9. The lowest BCUT2D eigenvalue weighted by Gasteiger charge is -2.31. The molecule has 0 saturated carbocycles. The van der Waals surface area contributed by atoms with Gasteiger partial charge in [-0.25, -0.2) is 9.69 Å². The fourth-order valence-corrected chi connectivity index (χ4v) is 3.32. The van der Waals surface area contributed by atoms with E-state index in [1.54, 1.807) is 48.7 Å². The Kier molecular flexibility index (Phi) is 9.10. The van der Waals surface area contributed by atoms with Crippen molar-refractivity contribution in [3.8, 4) is 5.75 Å². The average Bonchev–Trinajstić information content (AvgIpc) is 2.76. The summed E-state index contributed by atoms with van der Waals surface area (Å²) in [6.45, 7) is 11.1. The third kappa shape index (κ3) is 8.06. The Morgan fingerprint density at radius 3 is 2.32 bits per heavy atom. The van der Waals surface area contributed by atoms with Crippen molar-refractivity contribution in [3.63, 3.8) is 0 Å². The topological polar surface area (TPSA) is 88.1 Å². The van der Waals surface area contributed by atoms with Gasteiger partial charge in [0.1, 0.15) is 11.4 Å². The summed E-state index contributed by atoms with van der Waals surface area (Å²) in [6.07, 6.45) is -1.37. The second-order valence-corrected chi connectivity index (χ2v) is 10.3. The average molecular weight is 471 g/mol. The number of amides is 2. The van der Waals surface area contributed by atoms with Gasteiger partial charge in [0, 0.05) is 29.8 Å². The minimum absolute atomic E-state index is 0.0467. The first-order chi connectivity index (χ1) is 15.8. The van der Waals surface area contributed by atoms with Gasteiger partial charge in [0.25, 0.3) is 0 Å². The SMILES string of the molecule is COc1ccccc1CNc1cccc(C(O)CCN(C(=O)OC(C)(C)C)C(=O)C(C)(C)C)c1. The molecule has 7 nitrogen and oxygen atoms in total. The minimum atomic E-state index is -0.856. The molecule has 2 aromatic rings. The van der Waals surface area contributed by atoms with E-state index in [0.29, 0.717) is 12.1 Å². The molecule has 2 aromatic carbocycles. The Hall–Kier alpha value is -3.06. The molecule has 0 aliphatic heterocycles. The number of rotatable bonds is 8. The van der Waals surface area contributed by atoms with E-state index in [0.717, 1.165) is 21.9 Å². The van der Waals surface area contributed by atoms with Gasteiger partial charge in [0.15, 0.2) is 0 Å². The van der Waals surface area contributed by atoms with Crippen LogP contribution in [0.5, 0.6) is 5.75 Å². The van der Waals surface area contributed by atoms with Crippen LogP contribution in [-0.2, 0) is 16.1 Å². The summed E-state index contributed by atoms with van der Waals surface area (Å²) in [5.74, 6) is 0.457. The number of aliphatic hydroxyl groups is 1. The molecule has 0 fully saturated rings. The number of ether oxygens (including phenoxy) is 2. The van der Waals surface area contributed by atoms with E-state index >= 15 is 0 Å². The third-order valence-electron chi connectivity index (χ3n) is 5.07. The van der Waals surface area contributed by atoms with Crippen molar-refractivity contribution in [3.05, 3.63) is 59.7 Å². The zero-order valence-corrected chi connectivity index (χ0v) is 21.3. The number of hydrogen-bond acceptors (Lipinski definition) is 6. The zero-order chi connectivity index (χ0) is 25.5. The predicted octanol–water partition coefficient (Wildman–Crippen LogP) is 5.54. The van der Waals surface area contributed by atoms with Crippen LogP contribution in [0.2, 0.25) is 0 Å². The molecule has 2 rings (SSSR count). The monoisotopic (exact) mass is 470 g/mol. The van der Waals surface area contributed by atoms with Crippen LogP contribution in [0.3, 0.4) is 0 Å². The van der Waals surface area contributed by atoms with E-state index in [9.17, 15) is 14.7 Å². The second kappa shape index (κ2) is 11.4. The molecule has 0 spiro atoms. The molecule has 0 saturated heterocycles. The molecular formula is C27H38N2O5. The van der Waals surface area contributed by atoms with Gasteiger partial charge in [-0.2, -0.15) is 0 Å². The zero-order valence-electron chi connectivity index (χ0n) is 21.3. The Morgan fingerprint density at radius 2 is 1.71 bits per heavy atom. The molecule has 2 amide bonds. The van der Waals surface area contributed by atoms with E-state index in [1.165, 1.54) is 0 Å². The van der Waals surface area contributed by atoms with Gasteiger partial charge >= 0.3 is 6.09 Å². The van der Waals surface area contributed by atoms with Crippen LogP contribution in [-0.4, -0.2) is 41.3 Å². The van der Waals surface area contributed by atoms with Crippen LogP contribution in [0.25, 0.3) is 0 Å². The van der Waals surface area contributed by atoms with Crippen molar-refractivity contribution < 1.29 is 24.2 Å². The van der Waals surface area contributed by atoms with Crippen LogP contribution in [0.1, 0.15) is 65.2 Å². The van der Waals surface area contributed by atoms with Crippen molar-refractivity contribution in [2.75, 3.05) is 19.0 Å². The normalized spacial score (nSPS) is 12.6. The van der Waals surface area contributed by atoms with Crippen LogP contribution in [0.4, 0.5) is 10.5 Å². The molecule has 1 unspecified atom stereocenters. The van der Waals surface area contributed by atoms with Crippen LogP contribution in [0, 0.1) is 5.41 Å². The van der Waals surface area contributed by atoms with E-state index in [1.807, 2.05) is 48.5 Å². The highest BCUT2D eigenvalue weighted by atomic mass is 16.6. The van der Waals surface area contributed by atoms with Crippen molar-refractivity contribution in [2.24, 2.45) is 5.41 Å². The molecule has 1 atom stereocenters. The summed E-state index contributed by atoms with van der Waals surface area (Å²) in [7, 11) is 1.64. The van der Waals surface area contributed by atoms with Gasteiger partial charge in [-0.15, -0.1) is 0 Å². The first-order valence-electron chi connectivity index (χ1n) is 11.5. The van der Waals surface area contributed by atoms with Gasteiger partial charge in [0.05, 0.1) is 13.2 Å². The van der Waals surface area contributed by atoms with E-state index in [-0.39, 0.29) is 18.9 Å². The first kappa shape index (κ1) is 27.2. The summed E-state index contributed by atoms with van der Waals surface area (Å²) in [4.78, 5) is 26.7. The Labute approximate surface area is 203 Å². The molecule has 0 aromatic heterocycles. The maximum Gasteiger partial charge on any atom is 0.417 e. The summed E-state index contributed by atoms with van der Waals surface area (Å²) < 4.78 is 10.8. The largest absolute Gasteiger partial charge is 0.496 e. The van der Waals surface area contributed by atoms with Gasteiger partial charge in [-0.05, 0) is 51.0 Å². The summed E-state index contributed by atoms with van der Waals surface area (Å²) in [6, 6.07) is 15.2. The molecule has 0 bridgehead atoms. The lowest BCUT2D eigenvalue weighted by atomic mass is 9.94. The number of carbonyl (C=O) groups is 2. The van der Waals surface area contributed by atoms with Crippen molar-refractivity contribution in [1.82, 2.24) is 4.90 Å². The van der Waals surface area contributed by atoms with Crippen molar-refractivity contribution >= 4 is 17.7 Å². The third-order valence-corrected chi connectivity index (χ3v) is 5.07. The highest BCUT2D eigenvalue weighted by Crippen LogP contribution is 2.25. The van der Waals surface area contributed by atoms with Crippen LogP contribution in [0.15, 0.2) is 48.5 Å². The predicted molar refractivity (Wildman–Crippen MR) is 134 cm³/mol. The van der Waals surface area contributed by atoms with Crippen LogP contribution < -0.4 is 10.1 Å². The van der Waals surface area contributed by atoms with Gasteiger partial charge in [-0.3, -0.25) is 4.79 Å². The molecule has 0 heterocycles. The standard InChI is InChI=1S/C27H38N2O5/c1-26(2,3)24(31)29(25(32)34-27(4,5)6)16-15-22(30)19-12-10-13-21(17-19)28-18-20-11-8-9-14-23(20)33-7/h8-14,17,22,28,30H,15-16,18H2,1-7H3. The lowest BCUT2D eigenvalue weighted by molar-refractivity contribution is -0.138. The number of carbonyl (C=O) groups excluding carboxylic acids is 2.